The maximum absolute atomic E-state index is 8.84. The molecule has 1 unspecified atom stereocenters. The fraction of sp³-hybridized carbons (Fsp3) is 0.267. The Morgan fingerprint density at radius 2 is 2.16 bits per heavy atom. The third-order valence-corrected chi connectivity index (χ3v) is 4.48. The highest BCUT2D eigenvalue weighted by Crippen LogP contribution is 2.25. The van der Waals surface area contributed by atoms with Crippen molar-refractivity contribution in [3.8, 4) is 6.07 Å². The van der Waals surface area contributed by atoms with Gasteiger partial charge in [-0.25, -0.2) is 0 Å². The van der Waals surface area contributed by atoms with Crippen molar-refractivity contribution < 1.29 is 0 Å². The maximum Gasteiger partial charge on any atom is 0.0992 e. The van der Waals surface area contributed by atoms with E-state index >= 15 is 0 Å². The van der Waals surface area contributed by atoms with Gasteiger partial charge in [-0.15, -0.1) is 11.3 Å². The van der Waals surface area contributed by atoms with Crippen LogP contribution in [0.5, 0.6) is 0 Å². The highest BCUT2D eigenvalue weighted by molar-refractivity contribution is 9.10. The van der Waals surface area contributed by atoms with Gasteiger partial charge in [-0.1, -0.05) is 0 Å². The lowest BCUT2D eigenvalue weighted by Crippen LogP contribution is -2.17. The normalized spacial score (nSPS) is 11.9. The molecule has 0 fully saturated rings. The number of hydrogen-bond donors (Lipinski definition) is 1. The van der Waals surface area contributed by atoms with E-state index < -0.39 is 0 Å². The molecule has 1 heterocycles. The van der Waals surface area contributed by atoms with E-state index in [1.165, 1.54) is 9.75 Å². The molecule has 0 aliphatic carbocycles. The molecular weight excluding hydrogens is 320 g/mol. The minimum atomic E-state index is 0.349. The molecule has 0 aliphatic rings. The second-order valence-electron chi connectivity index (χ2n) is 4.57. The van der Waals surface area contributed by atoms with Crippen molar-refractivity contribution in [2.24, 2.45) is 0 Å². The number of aryl methyl sites for hydroxylation is 1. The van der Waals surface area contributed by atoms with Gasteiger partial charge in [0.05, 0.1) is 11.6 Å². The summed E-state index contributed by atoms with van der Waals surface area (Å²) in [5, 5.41) is 12.3. The maximum atomic E-state index is 8.84. The van der Waals surface area contributed by atoms with Gasteiger partial charge in [-0.3, -0.25) is 0 Å². The van der Waals surface area contributed by atoms with Crippen LogP contribution in [0.1, 0.15) is 22.2 Å². The number of anilines is 1. The number of thiophene rings is 1. The quantitative estimate of drug-likeness (QED) is 0.876. The second kappa shape index (κ2) is 6.23. The van der Waals surface area contributed by atoms with E-state index in [9.17, 15) is 0 Å². The minimum absolute atomic E-state index is 0.349. The van der Waals surface area contributed by atoms with Crippen molar-refractivity contribution in [1.29, 1.82) is 5.26 Å². The molecule has 0 saturated carbocycles. The third-order valence-electron chi connectivity index (χ3n) is 2.80. The Kier molecular flexibility index (Phi) is 4.62. The van der Waals surface area contributed by atoms with Crippen molar-refractivity contribution in [2.75, 3.05) is 5.32 Å². The molecule has 0 spiro atoms. The molecule has 1 aromatic heterocycles. The fourth-order valence-corrected chi connectivity index (χ4v) is 3.43. The topological polar surface area (TPSA) is 35.8 Å². The number of nitriles is 1. The molecule has 0 aliphatic heterocycles. The summed E-state index contributed by atoms with van der Waals surface area (Å²) in [6.45, 7) is 4.29. The van der Waals surface area contributed by atoms with Gasteiger partial charge in [0.2, 0.25) is 0 Å². The summed E-state index contributed by atoms with van der Waals surface area (Å²) in [6, 6.07) is 12.4. The van der Waals surface area contributed by atoms with Crippen LogP contribution in [0.3, 0.4) is 0 Å². The van der Waals surface area contributed by atoms with Gasteiger partial charge in [0, 0.05) is 32.4 Å². The molecule has 0 radical (unpaired) electrons. The number of benzene rings is 1. The summed E-state index contributed by atoms with van der Waals surface area (Å²) < 4.78 is 0.931. The van der Waals surface area contributed by atoms with Crippen LogP contribution >= 0.6 is 27.3 Å². The van der Waals surface area contributed by atoms with Gasteiger partial charge in [-0.05, 0) is 60.1 Å². The first kappa shape index (κ1) is 14.1. The minimum Gasteiger partial charge on any atom is -0.381 e. The molecule has 2 nitrogen and oxygen atoms in total. The molecule has 2 rings (SSSR count). The highest BCUT2D eigenvalue weighted by atomic mass is 79.9. The van der Waals surface area contributed by atoms with Crippen LogP contribution in [-0.2, 0) is 6.42 Å². The Bertz CT molecular complexity index is 613. The van der Waals surface area contributed by atoms with Crippen molar-refractivity contribution in [2.45, 2.75) is 26.3 Å². The van der Waals surface area contributed by atoms with Crippen molar-refractivity contribution >= 4 is 33.0 Å². The first-order valence-electron chi connectivity index (χ1n) is 6.10. The van der Waals surface area contributed by atoms with Crippen LogP contribution in [0.2, 0.25) is 0 Å². The molecule has 0 amide bonds. The first-order chi connectivity index (χ1) is 9.08. The summed E-state index contributed by atoms with van der Waals surface area (Å²) in [4.78, 5) is 2.74. The number of halogens is 1. The van der Waals surface area contributed by atoms with Crippen LogP contribution in [-0.4, -0.2) is 6.04 Å². The predicted octanol–water partition coefficient (Wildman–Crippen LogP) is 4.73. The average molecular weight is 335 g/mol. The Morgan fingerprint density at radius 3 is 2.74 bits per heavy atom. The van der Waals surface area contributed by atoms with E-state index in [0.717, 1.165) is 16.6 Å². The first-order valence-corrected chi connectivity index (χ1v) is 7.71. The zero-order valence-electron chi connectivity index (χ0n) is 10.9. The molecule has 98 valence electrons. The van der Waals surface area contributed by atoms with E-state index in [2.05, 4.69) is 53.3 Å². The molecule has 1 N–H and O–H groups in total. The van der Waals surface area contributed by atoms with Gasteiger partial charge in [0.25, 0.3) is 0 Å². The molecule has 1 atom stereocenters. The zero-order valence-corrected chi connectivity index (χ0v) is 13.3. The van der Waals surface area contributed by atoms with Crippen LogP contribution < -0.4 is 5.32 Å². The van der Waals surface area contributed by atoms with E-state index in [1.807, 2.05) is 29.5 Å². The predicted molar refractivity (Wildman–Crippen MR) is 84.7 cm³/mol. The molecule has 0 saturated heterocycles. The smallest absolute Gasteiger partial charge is 0.0992 e. The van der Waals surface area contributed by atoms with Gasteiger partial charge in [-0.2, -0.15) is 5.26 Å². The molecule has 2 aromatic rings. The summed E-state index contributed by atoms with van der Waals surface area (Å²) in [5.74, 6) is 0. The van der Waals surface area contributed by atoms with Gasteiger partial charge < -0.3 is 5.32 Å². The lowest BCUT2D eigenvalue weighted by molar-refractivity contribution is 0.800. The summed E-state index contributed by atoms with van der Waals surface area (Å²) in [5.41, 5.74) is 1.69. The van der Waals surface area contributed by atoms with Crippen molar-refractivity contribution in [3.05, 3.63) is 50.1 Å². The van der Waals surface area contributed by atoms with E-state index in [4.69, 9.17) is 5.26 Å². The third kappa shape index (κ3) is 3.82. The largest absolute Gasteiger partial charge is 0.381 e. The lowest BCUT2D eigenvalue weighted by atomic mass is 10.1. The highest BCUT2D eigenvalue weighted by Gasteiger charge is 2.08. The number of rotatable bonds is 4. The lowest BCUT2D eigenvalue weighted by Gasteiger charge is -2.15. The summed E-state index contributed by atoms with van der Waals surface area (Å²) >= 11 is 5.34. The van der Waals surface area contributed by atoms with Crippen LogP contribution in [0, 0.1) is 18.3 Å². The van der Waals surface area contributed by atoms with Gasteiger partial charge in [0.15, 0.2) is 0 Å². The molecular formula is C15H15BrN2S. The van der Waals surface area contributed by atoms with E-state index in [-0.39, 0.29) is 0 Å². The number of nitrogens with one attached hydrogen (secondary N) is 1. The van der Waals surface area contributed by atoms with E-state index in [0.29, 0.717) is 11.6 Å². The summed E-state index contributed by atoms with van der Waals surface area (Å²) in [7, 11) is 0. The zero-order chi connectivity index (χ0) is 13.8. The standard InChI is InChI=1S/C15H15BrN2S/c1-10(7-13-5-3-11(2)19-13)18-15-6-4-12(9-17)8-14(15)16/h3-6,8,10,18H,7H2,1-2H3. The summed E-state index contributed by atoms with van der Waals surface area (Å²) in [6.07, 6.45) is 1.00. The number of hydrogen-bond acceptors (Lipinski definition) is 3. The van der Waals surface area contributed by atoms with Crippen molar-refractivity contribution in [1.82, 2.24) is 0 Å². The van der Waals surface area contributed by atoms with Gasteiger partial charge in [0.1, 0.15) is 0 Å². The Hall–Kier alpha value is -1.31. The van der Waals surface area contributed by atoms with E-state index in [1.54, 1.807) is 0 Å². The van der Waals surface area contributed by atoms with Crippen LogP contribution in [0.25, 0.3) is 0 Å². The molecule has 1 aromatic carbocycles. The SMILES string of the molecule is Cc1ccc(CC(C)Nc2ccc(C#N)cc2Br)s1. The van der Waals surface area contributed by atoms with Gasteiger partial charge >= 0.3 is 0 Å². The molecule has 4 heteroatoms. The molecule has 19 heavy (non-hydrogen) atoms. The Labute approximate surface area is 126 Å². The van der Waals surface area contributed by atoms with Crippen LogP contribution in [0.15, 0.2) is 34.8 Å². The molecule has 0 bridgehead atoms. The van der Waals surface area contributed by atoms with Crippen LogP contribution in [0.4, 0.5) is 5.69 Å². The number of nitrogens with zero attached hydrogens (tertiary/aromatic N) is 1. The monoisotopic (exact) mass is 334 g/mol. The van der Waals surface area contributed by atoms with Crippen molar-refractivity contribution in [3.63, 3.8) is 0 Å². The average Bonchev–Trinajstić information content (AvgIpc) is 2.77. The Balaban J connectivity index is 2.03. The second-order valence-corrected chi connectivity index (χ2v) is 6.80. The fourth-order valence-electron chi connectivity index (χ4n) is 1.91. The Morgan fingerprint density at radius 1 is 1.37 bits per heavy atom.